The number of halogens is 1. The van der Waals surface area contributed by atoms with Crippen LogP contribution in [0.25, 0.3) is 0 Å². The van der Waals surface area contributed by atoms with E-state index in [1.165, 1.54) is 0 Å². The molecule has 10 heteroatoms. The molecule has 0 aromatic heterocycles. The molecule has 0 amide bonds. The van der Waals surface area contributed by atoms with Crippen LogP contribution in [0.15, 0.2) is 0 Å². The maximum atomic E-state index is 10.9. The average Bonchev–Trinajstić information content (AvgIpc) is 1.98. The van der Waals surface area contributed by atoms with Gasteiger partial charge in [0.15, 0.2) is 0 Å². The number of aliphatic hydroxyl groups excluding tert-OH is 1. The van der Waals surface area contributed by atoms with Gasteiger partial charge in [-0.3, -0.25) is 9.13 Å². The second-order valence-corrected chi connectivity index (χ2v) is 7.60. The zero-order valence-corrected chi connectivity index (χ0v) is 11.7. The number of hydrogen-bond acceptors (Lipinski definition) is 3. The van der Waals surface area contributed by atoms with Crippen LogP contribution in [-0.2, 0) is 9.13 Å². The molecule has 0 atom stereocenters. The SMILES string of the molecule is O=P(O)(O)CC(CBr)(CCO)CP(=O)(O)O. The highest BCUT2D eigenvalue weighted by atomic mass is 79.9. The first-order chi connectivity index (χ1) is 7.04. The minimum absolute atomic E-state index is 0.00319. The molecular formula is C6H15BrO7P2. The number of aliphatic hydroxyl groups is 1. The standard InChI is InChI=1S/C6H15BrO7P2/c7-3-6(1-2-8,4-15(9,10)11)5-16(12,13)14/h8H,1-5H2,(H2,9,10,11)(H2,12,13,14). The number of hydrogen-bond donors (Lipinski definition) is 5. The molecule has 0 fully saturated rings. The summed E-state index contributed by atoms with van der Waals surface area (Å²) in [5.74, 6) is 0. The van der Waals surface area contributed by atoms with Crippen LogP contribution in [0.1, 0.15) is 6.42 Å². The molecule has 5 N–H and O–H groups in total. The van der Waals surface area contributed by atoms with E-state index < -0.39 is 39.5 Å². The smallest absolute Gasteiger partial charge is 0.326 e. The van der Waals surface area contributed by atoms with Crippen LogP contribution < -0.4 is 0 Å². The first-order valence-corrected chi connectivity index (χ1v) is 9.01. The summed E-state index contributed by atoms with van der Waals surface area (Å²) in [4.78, 5) is 35.5. The first kappa shape index (κ1) is 16.7. The maximum Gasteiger partial charge on any atom is 0.326 e. The second kappa shape index (κ2) is 6.07. The Labute approximate surface area is 101 Å². The molecule has 0 spiro atoms. The zero-order chi connectivity index (χ0) is 13.0. The van der Waals surface area contributed by atoms with Gasteiger partial charge in [0.25, 0.3) is 0 Å². The van der Waals surface area contributed by atoms with Crippen molar-refractivity contribution in [1.82, 2.24) is 0 Å². The van der Waals surface area contributed by atoms with E-state index in [9.17, 15) is 9.13 Å². The molecule has 0 bridgehead atoms. The van der Waals surface area contributed by atoms with E-state index in [4.69, 9.17) is 24.7 Å². The third kappa shape index (κ3) is 7.14. The monoisotopic (exact) mass is 340 g/mol. The second-order valence-electron chi connectivity index (χ2n) is 3.75. The molecular weight excluding hydrogens is 326 g/mol. The molecule has 0 radical (unpaired) electrons. The molecule has 0 saturated carbocycles. The van der Waals surface area contributed by atoms with Gasteiger partial charge in [-0.1, -0.05) is 15.9 Å². The summed E-state index contributed by atoms with van der Waals surface area (Å²) in [6.45, 7) is -0.397. The topological polar surface area (TPSA) is 135 Å². The van der Waals surface area contributed by atoms with E-state index in [1.54, 1.807) is 0 Å². The van der Waals surface area contributed by atoms with Crippen molar-refractivity contribution in [1.29, 1.82) is 0 Å². The van der Waals surface area contributed by atoms with Gasteiger partial charge in [-0.25, -0.2) is 0 Å². The highest BCUT2D eigenvalue weighted by Gasteiger charge is 2.40. The van der Waals surface area contributed by atoms with Crippen molar-refractivity contribution in [3.63, 3.8) is 0 Å². The Morgan fingerprint density at radius 1 is 1.00 bits per heavy atom. The largest absolute Gasteiger partial charge is 0.396 e. The van der Waals surface area contributed by atoms with E-state index in [-0.39, 0.29) is 11.8 Å². The molecule has 0 heterocycles. The number of alkyl halides is 1. The molecule has 0 rings (SSSR count). The maximum absolute atomic E-state index is 10.9. The molecule has 0 aromatic rings. The Bertz CT molecular complexity index is 284. The lowest BCUT2D eigenvalue weighted by atomic mass is 9.92. The van der Waals surface area contributed by atoms with Crippen molar-refractivity contribution in [2.75, 3.05) is 24.3 Å². The van der Waals surface area contributed by atoms with E-state index in [1.807, 2.05) is 0 Å². The van der Waals surface area contributed by atoms with Crippen LogP contribution in [0.5, 0.6) is 0 Å². The highest BCUT2D eigenvalue weighted by Crippen LogP contribution is 2.51. The summed E-state index contributed by atoms with van der Waals surface area (Å²) in [6.07, 6.45) is -1.43. The lowest BCUT2D eigenvalue weighted by Gasteiger charge is -2.31. The third-order valence-corrected chi connectivity index (χ3v) is 5.36. The first-order valence-electron chi connectivity index (χ1n) is 4.30. The Morgan fingerprint density at radius 3 is 1.56 bits per heavy atom. The van der Waals surface area contributed by atoms with Crippen LogP contribution in [0.3, 0.4) is 0 Å². The van der Waals surface area contributed by atoms with Gasteiger partial charge in [0.2, 0.25) is 0 Å². The highest BCUT2D eigenvalue weighted by molar-refractivity contribution is 9.09. The fraction of sp³-hybridized carbons (Fsp3) is 1.00. The molecule has 7 nitrogen and oxygen atoms in total. The molecule has 16 heavy (non-hydrogen) atoms. The summed E-state index contributed by atoms with van der Waals surface area (Å²) >= 11 is 2.98. The molecule has 0 aliphatic rings. The van der Waals surface area contributed by atoms with Gasteiger partial charge in [0.1, 0.15) is 0 Å². The van der Waals surface area contributed by atoms with Crippen molar-refractivity contribution < 1.29 is 33.8 Å². The van der Waals surface area contributed by atoms with E-state index >= 15 is 0 Å². The van der Waals surface area contributed by atoms with Gasteiger partial charge >= 0.3 is 15.2 Å². The van der Waals surface area contributed by atoms with Gasteiger partial charge in [-0.15, -0.1) is 0 Å². The van der Waals surface area contributed by atoms with Crippen LogP contribution in [0.4, 0.5) is 0 Å². The van der Waals surface area contributed by atoms with Crippen LogP contribution in [0, 0.1) is 5.41 Å². The Morgan fingerprint density at radius 2 is 1.38 bits per heavy atom. The van der Waals surface area contributed by atoms with Crippen molar-refractivity contribution in [2.45, 2.75) is 6.42 Å². The van der Waals surface area contributed by atoms with E-state index in [0.717, 1.165) is 0 Å². The van der Waals surface area contributed by atoms with Crippen molar-refractivity contribution >= 4 is 31.1 Å². The summed E-state index contributed by atoms with van der Waals surface area (Å²) in [5, 5.41) is 8.80. The Kier molecular flexibility index (Phi) is 6.35. The van der Waals surface area contributed by atoms with Gasteiger partial charge in [-0.05, 0) is 6.42 Å². The lowest BCUT2D eigenvalue weighted by molar-refractivity contribution is 0.218. The predicted molar refractivity (Wildman–Crippen MR) is 61.8 cm³/mol. The van der Waals surface area contributed by atoms with Crippen molar-refractivity contribution in [3.05, 3.63) is 0 Å². The van der Waals surface area contributed by atoms with E-state index in [0.29, 0.717) is 0 Å². The molecule has 0 aliphatic carbocycles. The van der Waals surface area contributed by atoms with Gasteiger partial charge < -0.3 is 24.7 Å². The molecule has 0 aliphatic heterocycles. The minimum atomic E-state index is -4.40. The Hall–Kier alpha value is 0.740. The quantitative estimate of drug-likeness (QED) is 0.327. The fourth-order valence-corrected chi connectivity index (χ4v) is 5.45. The summed E-state index contributed by atoms with van der Waals surface area (Å²) in [6, 6.07) is 0. The lowest BCUT2D eigenvalue weighted by Crippen LogP contribution is -2.33. The van der Waals surface area contributed by atoms with Crippen LogP contribution in [-0.4, -0.2) is 48.9 Å². The Balaban J connectivity index is 5.00. The normalized spacial score (nSPS) is 14.1. The van der Waals surface area contributed by atoms with Crippen LogP contribution in [0.2, 0.25) is 0 Å². The number of rotatable bonds is 7. The molecule has 0 saturated heterocycles. The molecule has 0 aromatic carbocycles. The van der Waals surface area contributed by atoms with Gasteiger partial charge in [0.05, 0.1) is 12.3 Å². The molecule has 0 unspecified atom stereocenters. The summed E-state index contributed by atoms with van der Waals surface area (Å²) in [5.41, 5.74) is -1.30. The van der Waals surface area contributed by atoms with Gasteiger partial charge in [-0.2, -0.15) is 0 Å². The summed E-state index contributed by atoms with van der Waals surface area (Å²) in [7, 11) is -8.81. The van der Waals surface area contributed by atoms with Crippen molar-refractivity contribution in [2.24, 2.45) is 5.41 Å². The predicted octanol–water partition coefficient (Wildman–Crippen LogP) is 0.106. The van der Waals surface area contributed by atoms with Crippen LogP contribution >= 0.6 is 31.1 Å². The zero-order valence-electron chi connectivity index (χ0n) is 8.36. The molecule has 98 valence electrons. The average molecular weight is 341 g/mol. The third-order valence-electron chi connectivity index (χ3n) is 2.01. The van der Waals surface area contributed by atoms with Gasteiger partial charge in [0, 0.05) is 17.4 Å². The fourth-order valence-electron chi connectivity index (χ4n) is 1.47. The minimum Gasteiger partial charge on any atom is -0.396 e. The van der Waals surface area contributed by atoms with Crippen molar-refractivity contribution in [3.8, 4) is 0 Å². The summed E-state index contributed by atoms with van der Waals surface area (Å²) < 4.78 is 21.8. The van der Waals surface area contributed by atoms with E-state index in [2.05, 4.69) is 15.9 Å².